The number of hydrogen-bond acceptors (Lipinski definition) is 3. The van der Waals surface area contributed by atoms with Crippen LogP contribution in [-0.4, -0.2) is 29.9 Å². The number of hydrogen-bond donors (Lipinski definition) is 2. The number of H-pyrrole nitrogens is 2. The Morgan fingerprint density at radius 3 is 2.58 bits per heavy atom. The minimum Gasteiger partial charge on any atom is -0.339 e. The van der Waals surface area contributed by atoms with Crippen LogP contribution >= 0.6 is 23.2 Å². The molecule has 1 aromatic carbocycles. The van der Waals surface area contributed by atoms with E-state index < -0.39 is 12.0 Å². The van der Waals surface area contributed by atoms with E-state index in [1.54, 1.807) is 36.1 Å². The van der Waals surface area contributed by atoms with E-state index in [-0.39, 0.29) is 5.82 Å². The number of nitrogens with one attached hydrogen (secondary N) is 2. The lowest BCUT2D eigenvalue weighted by molar-refractivity contribution is -0.144. The Morgan fingerprint density at radius 1 is 1.19 bits per heavy atom. The lowest BCUT2D eigenvalue weighted by Gasteiger charge is -2.04. The first kappa shape index (κ1) is 16.9. The molecule has 0 bridgehead atoms. The molecule has 3 heterocycles. The number of alkyl halides is 3. The maximum atomic E-state index is 12.9. The molecule has 0 aliphatic rings. The van der Waals surface area contributed by atoms with Gasteiger partial charge in [0.2, 0.25) is 0 Å². The van der Waals surface area contributed by atoms with Crippen molar-refractivity contribution in [1.29, 1.82) is 0 Å². The van der Waals surface area contributed by atoms with Crippen molar-refractivity contribution in [3.63, 3.8) is 0 Å². The lowest BCUT2D eigenvalue weighted by Crippen LogP contribution is -2.07. The van der Waals surface area contributed by atoms with Gasteiger partial charge in [0.25, 0.3) is 5.82 Å². The summed E-state index contributed by atoms with van der Waals surface area (Å²) in [6, 6.07) is 3.37. The fraction of sp³-hybridized carbons (Fsp3) is 0.133. The molecule has 0 atom stereocenters. The molecule has 0 unspecified atom stereocenters. The molecular formula is C15H9Cl2F3N6. The number of benzene rings is 1. The molecule has 134 valence electrons. The second-order valence-corrected chi connectivity index (χ2v) is 6.32. The number of fused-ring (bicyclic) bond motifs is 1. The van der Waals surface area contributed by atoms with Crippen LogP contribution in [-0.2, 0) is 13.2 Å². The van der Waals surface area contributed by atoms with Crippen LogP contribution in [0.3, 0.4) is 0 Å². The fourth-order valence-electron chi connectivity index (χ4n) is 2.93. The zero-order valence-corrected chi connectivity index (χ0v) is 14.5. The van der Waals surface area contributed by atoms with Crippen LogP contribution in [0.5, 0.6) is 0 Å². The minimum atomic E-state index is -4.66. The molecule has 4 aromatic rings. The third-order valence-corrected chi connectivity index (χ3v) is 4.79. The summed E-state index contributed by atoms with van der Waals surface area (Å²) in [6.45, 7) is 0. The van der Waals surface area contributed by atoms with Crippen molar-refractivity contribution in [2.45, 2.75) is 6.18 Å². The van der Waals surface area contributed by atoms with Crippen molar-refractivity contribution in [2.75, 3.05) is 0 Å². The van der Waals surface area contributed by atoms with Gasteiger partial charge in [-0.2, -0.15) is 18.3 Å². The Bertz CT molecular complexity index is 1110. The average molecular weight is 401 g/mol. The molecular weight excluding hydrogens is 392 g/mol. The second-order valence-electron chi connectivity index (χ2n) is 5.53. The largest absolute Gasteiger partial charge is 0.453 e. The van der Waals surface area contributed by atoms with Crippen LogP contribution in [0.15, 0.2) is 24.5 Å². The SMILES string of the molecule is Cn1c(-c2nc(C(F)(F)F)n[nH]2)c(-c2cn[nH]c2)c2ccc(Cl)c(Cl)c21. The van der Waals surface area contributed by atoms with Crippen LogP contribution in [0.4, 0.5) is 13.2 Å². The summed E-state index contributed by atoms with van der Waals surface area (Å²) in [5, 5.41) is 13.6. The summed E-state index contributed by atoms with van der Waals surface area (Å²) >= 11 is 12.4. The van der Waals surface area contributed by atoms with Gasteiger partial charge in [-0.05, 0) is 6.07 Å². The topological polar surface area (TPSA) is 75.2 Å². The Morgan fingerprint density at radius 2 is 1.96 bits per heavy atom. The van der Waals surface area contributed by atoms with Crippen molar-refractivity contribution in [2.24, 2.45) is 7.05 Å². The van der Waals surface area contributed by atoms with Gasteiger partial charge in [0.15, 0.2) is 5.82 Å². The monoisotopic (exact) mass is 400 g/mol. The quantitative estimate of drug-likeness (QED) is 0.512. The minimum absolute atomic E-state index is 0.0422. The first-order chi connectivity index (χ1) is 12.3. The molecule has 4 rings (SSSR count). The van der Waals surface area contributed by atoms with E-state index in [2.05, 4.69) is 25.4 Å². The predicted octanol–water partition coefficient (Wildman–Crippen LogP) is 4.68. The number of rotatable bonds is 2. The summed E-state index contributed by atoms with van der Waals surface area (Å²) in [4.78, 5) is 3.61. The van der Waals surface area contributed by atoms with Crippen molar-refractivity contribution < 1.29 is 13.2 Å². The lowest BCUT2D eigenvalue weighted by atomic mass is 10.0. The van der Waals surface area contributed by atoms with Crippen LogP contribution in [0.25, 0.3) is 33.5 Å². The summed E-state index contributed by atoms with van der Waals surface area (Å²) in [5.74, 6) is -1.29. The Kier molecular flexibility index (Phi) is 3.74. The van der Waals surface area contributed by atoms with Gasteiger partial charge in [-0.3, -0.25) is 10.2 Å². The van der Waals surface area contributed by atoms with Crippen LogP contribution in [0.2, 0.25) is 10.0 Å². The maximum Gasteiger partial charge on any atom is 0.453 e. The molecule has 0 aliphatic heterocycles. The van der Waals surface area contributed by atoms with E-state index in [0.29, 0.717) is 37.8 Å². The number of aromatic amines is 2. The third-order valence-electron chi connectivity index (χ3n) is 4.00. The van der Waals surface area contributed by atoms with Crippen molar-refractivity contribution in [1.82, 2.24) is 29.9 Å². The van der Waals surface area contributed by atoms with Gasteiger partial charge in [0.1, 0.15) is 0 Å². The van der Waals surface area contributed by atoms with Crippen molar-refractivity contribution in [3.8, 4) is 22.6 Å². The third kappa shape index (κ3) is 2.46. The Balaban J connectivity index is 2.08. The van der Waals surface area contributed by atoms with Crippen molar-refractivity contribution in [3.05, 3.63) is 40.4 Å². The molecule has 0 amide bonds. The number of nitrogens with zero attached hydrogens (tertiary/aromatic N) is 4. The second kappa shape index (κ2) is 5.75. The van der Waals surface area contributed by atoms with Gasteiger partial charge < -0.3 is 4.57 Å². The number of aryl methyl sites for hydroxylation is 1. The van der Waals surface area contributed by atoms with Crippen molar-refractivity contribution >= 4 is 34.1 Å². The highest BCUT2D eigenvalue weighted by Crippen LogP contribution is 2.43. The average Bonchev–Trinajstić information content (AvgIpc) is 3.29. The predicted molar refractivity (Wildman–Crippen MR) is 90.9 cm³/mol. The highest BCUT2D eigenvalue weighted by molar-refractivity contribution is 6.45. The maximum absolute atomic E-state index is 12.9. The molecule has 2 N–H and O–H groups in total. The highest BCUT2D eigenvalue weighted by Gasteiger charge is 2.37. The molecule has 11 heteroatoms. The van der Waals surface area contributed by atoms with Gasteiger partial charge in [-0.1, -0.05) is 29.3 Å². The summed E-state index contributed by atoms with van der Waals surface area (Å²) in [6.07, 6.45) is -1.47. The summed E-state index contributed by atoms with van der Waals surface area (Å²) in [7, 11) is 1.67. The molecule has 0 radical (unpaired) electrons. The normalized spacial score (nSPS) is 12.2. The fourth-order valence-corrected chi connectivity index (χ4v) is 3.37. The first-order valence-corrected chi connectivity index (χ1v) is 8.00. The van der Waals surface area contributed by atoms with Crippen LogP contribution in [0, 0.1) is 0 Å². The molecule has 0 aliphatic carbocycles. The Hall–Kier alpha value is -2.52. The van der Waals surface area contributed by atoms with Gasteiger partial charge in [-0.15, -0.1) is 5.10 Å². The van der Waals surface area contributed by atoms with E-state index in [0.717, 1.165) is 0 Å². The summed E-state index contributed by atoms with van der Waals surface area (Å²) in [5.41, 5.74) is 2.22. The zero-order valence-electron chi connectivity index (χ0n) is 13.0. The van der Waals surface area contributed by atoms with Gasteiger partial charge in [-0.25, -0.2) is 4.98 Å². The standard InChI is InChI=1S/C15H9Cl2F3N6/c1-26-11-7(2-3-8(16)10(11)17)9(6-4-21-22-5-6)12(26)13-23-14(25-24-13)15(18,19)20/h2-5H,1H3,(H,21,22)(H,23,24,25). The van der Waals surface area contributed by atoms with Gasteiger partial charge in [0.05, 0.1) is 27.5 Å². The van der Waals surface area contributed by atoms with E-state index in [1.165, 1.54) is 0 Å². The zero-order chi connectivity index (χ0) is 18.6. The molecule has 0 fully saturated rings. The molecule has 26 heavy (non-hydrogen) atoms. The molecule has 6 nitrogen and oxygen atoms in total. The van der Waals surface area contributed by atoms with Gasteiger partial charge in [0, 0.05) is 29.8 Å². The first-order valence-electron chi connectivity index (χ1n) is 7.24. The van der Waals surface area contributed by atoms with E-state index in [4.69, 9.17) is 23.2 Å². The van der Waals surface area contributed by atoms with Crippen LogP contribution in [0.1, 0.15) is 5.82 Å². The van der Waals surface area contributed by atoms with E-state index in [9.17, 15) is 13.2 Å². The number of halogens is 5. The molecule has 0 saturated carbocycles. The van der Waals surface area contributed by atoms with E-state index >= 15 is 0 Å². The molecule has 0 spiro atoms. The smallest absolute Gasteiger partial charge is 0.339 e. The van der Waals surface area contributed by atoms with Gasteiger partial charge >= 0.3 is 6.18 Å². The highest BCUT2D eigenvalue weighted by atomic mass is 35.5. The molecule has 0 saturated heterocycles. The summed E-state index contributed by atoms with van der Waals surface area (Å²) < 4.78 is 40.4. The molecule has 3 aromatic heterocycles. The Labute approximate surface area is 153 Å². The van der Waals surface area contributed by atoms with E-state index in [1.807, 2.05) is 0 Å². The van der Waals surface area contributed by atoms with Crippen LogP contribution < -0.4 is 0 Å². The number of aromatic nitrogens is 6.